The lowest BCUT2D eigenvalue weighted by Gasteiger charge is -2.13. The van der Waals surface area contributed by atoms with Crippen LogP contribution in [0.15, 0.2) is 4.52 Å². The van der Waals surface area contributed by atoms with Crippen molar-refractivity contribution in [3.05, 3.63) is 17.0 Å². The van der Waals surface area contributed by atoms with Gasteiger partial charge in [0.15, 0.2) is 0 Å². The fraction of sp³-hybridized carbons (Fsp3) is 0.636. The first-order valence-electron chi connectivity index (χ1n) is 5.40. The van der Waals surface area contributed by atoms with Gasteiger partial charge in [0.1, 0.15) is 5.76 Å². The van der Waals surface area contributed by atoms with E-state index in [-0.39, 0.29) is 25.0 Å². The van der Waals surface area contributed by atoms with Crippen molar-refractivity contribution >= 4 is 5.91 Å². The Hall–Kier alpha value is -1.36. The van der Waals surface area contributed by atoms with Gasteiger partial charge in [-0.15, -0.1) is 0 Å². The molecule has 0 bridgehead atoms. The largest absolute Gasteiger partial charge is 0.394 e. The number of aliphatic hydroxyl groups excluding tert-OH is 1. The number of nitrogens with zero attached hydrogens (tertiary/aromatic N) is 1. The molecule has 0 fully saturated rings. The van der Waals surface area contributed by atoms with Gasteiger partial charge in [-0.05, 0) is 20.3 Å². The maximum Gasteiger partial charge on any atom is 0.224 e. The van der Waals surface area contributed by atoms with Crippen LogP contribution in [-0.4, -0.2) is 28.8 Å². The van der Waals surface area contributed by atoms with Crippen LogP contribution < -0.4 is 5.32 Å². The van der Waals surface area contributed by atoms with Gasteiger partial charge in [0.25, 0.3) is 0 Å². The van der Waals surface area contributed by atoms with Gasteiger partial charge < -0.3 is 14.9 Å². The quantitative estimate of drug-likeness (QED) is 0.775. The first kappa shape index (κ1) is 12.7. The number of aryl methyl sites for hydroxylation is 2. The van der Waals surface area contributed by atoms with Crippen molar-refractivity contribution in [2.24, 2.45) is 0 Å². The van der Waals surface area contributed by atoms with E-state index in [1.54, 1.807) is 6.92 Å². The third-order valence-corrected chi connectivity index (χ3v) is 2.60. The minimum atomic E-state index is -0.173. The highest BCUT2D eigenvalue weighted by atomic mass is 16.5. The minimum absolute atomic E-state index is 0.0379. The molecule has 0 unspecified atom stereocenters. The molecule has 0 aliphatic carbocycles. The van der Waals surface area contributed by atoms with Crippen LogP contribution in [0.3, 0.4) is 0 Å². The maximum atomic E-state index is 11.7. The Balaban J connectivity index is 2.58. The molecule has 1 aromatic heterocycles. The summed E-state index contributed by atoms with van der Waals surface area (Å²) in [7, 11) is 0. The van der Waals surface area contributed by atoms with Gasteiger partial charge in [0, 0.05) is 5.56 Å². The second-order valence-electron chi connectivity index (χ2n) is 3.83. The summed E-state index contributed by atoms with van der Waals surface area (Å²) in [6.45, 7) is 5.47. The molecular weight excluding hydrogens is 208 g/mol. The summed E-state index contributed by atoms with van der Waals surface area (Å²) in [6, 6.07) is -0.173. The monoisotopic (exact) mass is 226 g/mol. The van der Waals surface area contributed by atoms with E-state index in [4.69, 9.17) is 9.63 Å². The van der Waals surface area contributed by atoms with Crippen LogP contribution in [0.1, 0.15) is 30.4 Å². The molecule has 1 rings (SSSR count). The van der Waals surface area contributed by atoms with Gasteiger partial charge in [-0.1, -0.05) is 12.1 Å². The molecule has 2 N–H and O–H groups in total. The predicted molar refractivity (Wildman–Crippen MR) is 59.0 cm³/mol. The van der Waals surface area contributed by atoms with Crippen LogP contribution in [-0.2, 0) is 11.2 Å². The predicted octanol–water partition coefficient (Wildman–Crippen LogP) is 0.721. The van der Waals surface area contributed by atoms with Crippen molar-refractivity contribution in [2.75, 3.05) is 6.61 Å². The first-order chi connectivity index (χ1) is 7.58. The third kappa shape index (κ3) is 3.06. The number of hydrogen-bond acceptors (Lipinski definition) is 4. The summed E-state index contributed by atoms with van der Waals surface area (Å²) >= 11 is 0. The zero-order chi connectivity index (χ0) is 12.1. The van der Waals surface area contributed by atoms with Gasteiger partial charge in [-0.3, -0.25) is 4.79 Å². The molecule has 16 heavy (non-hydrogen) atoms. The standard InChI is InChI=1S/C11H18N2O3/c1-4-9(6-14)12-11(15)5-10-7(2)13-16-8(10)3/h9,14H,4-6H2,1-3H3,(H,12,15)/t9-/m1/s1. The molecule has 90 valence electrons. The molecule has 0 spiro atoms. The number of hydrogen-bond donors (Lipinski definition) is 2. The molecule has 0 aromatic carbocycles. The third-order valence-electron chi connectivity index (χ3n) is 2.60. The Morgan fingerprint density at radius 1 is 1.56 bits per heavy atom. The maximum absolute atomic E-state index is 11.7. The molecule has 0 radical (unpaired) electrons. The summed E-state index contributed by atoms with van der Waals surface area (Å²) in [5, 5.41) is 15.5. The average Bonchev–Trinajstić information content (AvgIpc) is 2.57. The van der Waals surface area contributed by atoms with Gasteiger partial charge in [0.2, 0.25) is 5.91 Å². The van der Waals surface area contributed by atoms with E-state index in [0.29, 0.717) is 12.2 Å². The Labute approximate surface area is 94.8 Å². The highest BCUT2D eigenvalue weighted by Crippen LogP contribution is 2.12. The smallest absolute Gasteiger partial charge is 0.224 e. The Morgan fingerprint density at radius 2 is 2.25 bits per heavy atom. The Kier molecular flexibility index (Phi) is 4.49. The zero-order valence-electron chi connectivity index (χ0n) is 9.91. The molecule has 0 saturated carbocycles. The highest BCUT2D eigenvalue weighted by molar-refractivity contribution is 5.79. The Morgan fingerprint density at radius 3 is 2.69 bits per heavy atom. The molecule has 5 nitrogen and oxygen atoms in total. The number of rotatable bonds is 5. The zero-order valence-corrected chi connectivity index (χ0v) is 9.91. The van der Waals surface area contributed by atoms with Crippen molar-refractivity contribution in [2.45, 2.75) is 39.7 Å². The molecule has 1 amide bonds. The van der Waals surface area contributed by atoms with Crippen LogP contribution in [0.5, 0.6) is 0 Å². The van der Waals surface area contributed by atoms with E-state index in [9.17, 15) is 4.79 Å². The summed E-state index contributed by atoms with van der Waals surface area (Å²) in [4.78, 5) is 11.7. The van der Waals surface area contributed by atoms with Crippen molar-refractivity contribution in [3.8, 4) is 0 Å². The minimum Gasteiger partial charge on any atom is -0.394 e. The van der Waals surface area contributed by atoms with E-state index < -0.39 is 0 Å². The van der Waals surface area contributed by atoms with Crippen LogP contribution >= 0.6 is 0 Å². The van der Waals surface area contributed by atoms with Crippen LogP contribution in [0.2, 0.25) is 0 Å². The summed E-state index contributed by atoms with van der Waals surface area (Å²) in [6.07, 6.45) is 0.960. The number of nitrogens with one attached hydrogen (secondary N) is 1. The fourth-order valence-corrected chi connectivity index (χ4v) is 1.47. The number of amides is 1. The fourth-order valence-electron chi connectivity index (χ4n) is 1.47. The summed E-state index contributed by atoms with van der Waals surface area (Å²) < 4.78 is 4.97. The number of aliphatic hydroxyl groups is 1. The van der Waals surface area contributed by atoms with E-state index in [0.717, 1.165) is 11.3 Å². The summed E-state index contributed by atoms with van der Waals surface area (Å²) in [5.74, 6) is 0.556. The van der Waals surface area contributed by atoms with Gasteiger partial charge >= 0.3 is 0 Å². The lowest BCUT2D eigenvalue weighted by molar-refractivity contribution is -0.121. The van der Waals surface area contributed by atoms with Crippen LogP contribution in [0, 0.1) is 13.8 Å². The molecule has 0 saturated heterocycles. The molecule has 1 atom stereocenters. The van der Waals surface area contributed by atoms with E-state index >= 15 is 0 Å². The van der Waals surface area contributed by atoms with E-state index in [2.05, 4.69) is 10.5 Å². The van der Waals surface area contributed by atoms with E-state index in [1.165, 1.54) is 0 Å². The van der Waals surface area contributed by atoms with Crippen molar-refractivity contribution in [1.29, 1.82) is 0 Å². The molecule has 5 heteroatoms. The van der Waals surface area contributed by atoms with Crippen LogP contribution in [0.4, 0.5) is 0 Å². The average molecular weight is 226 g/mol. The lowest BCUT2D eigenvalue weighted by atomic mass is 10.1. The summed E-state index contributed by atoms with van der Waals surface area (Å²) in [5.41, 5.74) is 1.56. The van der Waals surface area contributed by atoms with Crippen molar-refractivity contribution in [1.82, 2.24) is 10.5 Å². The SMILES string of the molecule is CC[C@H](CO)NC(=O)Cc1c(C)noc1C. The Bertz CT molecular complexity index is 337. The first-order valence-corrected chi connectivity index (χ1v) is 5.40. The van der Waals surface area contributed by atoms with Gasteiger partial charge in [0.05, 0.1) is 24.8 Å². The molecule has 0 aliphatic heterocycles. The second-order valence-corrected chi connectivity index (χ2v) is 3.83. The van der Waals surface area contributed by atoms with Crippen molar-refractivity contribution in [3.63, 3.8) is 0 Å². The second kappa shape index (κ2) is 5.65. The number of aromatic nitrogens is 1. The highest BCUT2D eigenvalue weighted by Gasteiger charge is 2.15. The molecule has 1 aromatic rings. The molecule has 0 aliphatic rings. The normalized spacial score (nSPS) is 12.5. The lowest BCUT2D eigenvalue weighted by Crippen LogP contribution is -2.37. The number of carbonyl (C=O) groups excluding carboxylic acids is 1. The van der Waals surface area contributed by atoms with Crippen molar-refractivity contribution < 1.29 is 14.4 Å². The number of carbonyl (C=O) groups is 1. The topological polar surface area (TPSA) is 75.4 Å². The molecule has 1 heterocycles. The molecular formula is C11H18N2O3. The van der Waals surface area contributed by atoms with Gasteiger partial charge in [-0.2, -0.15) is 0 Å². The van der Waals surface area contributed by atoms with E-state index in [1.807, 2.05) is 13.8 Å². The van der Waals surface area contributed by atoms with Gasteiger partial charge in [-0.25, -0.2) is 0 Å². The van der Waals surface area contributed by atoms with Crippen LogP contribution in [0.25, 0.3) is 0 Å².